The summed E-state index contributed by atoms with van der Waals surface area (Å²) >= 11 is 3.53. The summed E-state index contributed by atoms with van der Waals surface area (Å²) in [6.07, 6.45) is 1.06. The molecule has 0 aromatic heterocycles. The molecule has 0 saturated carbocycles. The van der Waals surface area contributed by atoms with E-state index in [0.29, 0.717) is 0 Å². The molecule has 1 aromatic carbocycles. The SMILES string of the molecule is CC1(NCc2cc(N)ccc2Br)CCOC1. The molecule has 0 radical (unpaired) electrons. The molecule has 1 aliphatic rings. The van der Waals surface area contributed by atoms with Crippen LogP contribution in [0.5, 0.6) is 0 Å². The summed E-state index contributed by atoms with van der Waals surface area (Å²) in [5, 5.41) is 3.53. The highest BCUT2D eigenvalue weighted by Gasteiger charge is 2.28. The molecule has 0 bridgehead atoms. The van der Waals surface area contributed by atoms with Crippen LogP contribution in [0.1, 0.15) is 18.9 Å². The number of hydrogen-bond donors (Lipinski definition) is 2. The highest BCUT2D eigenvalue weighted by Crippen LogP contribution is 2.22. The molecule has 1 atom stereocenters. The van der Waals surface area contributed by atoms with Crippen molar-refractivity contribution in [2.24, 2.45) is 0 Å². The maximum Gasteiger partial charge on any atom is 0.0646 e. The zero-order chi connectivity index (χ0) is 11.6. The fourth-order valence-corrected chi connectivity index (χ4v) is 2.23. The Labute approximate surface area is 104 Å². The fourth-order valence-electron chi connectivity index (χ4n) is 1.85. The summed E-state index contributed by atoms with van der Waals surface area (Å²) in [4.78, 5) is 0. The minimum absolute atomic E-state index is 0.101. The molecule has 4 heteroatoms. The molecule has 0 aliphatic carbocycles. The number of nitrogen functional groups attached to an aromatic ring is 1. The van der Waals surface area contributed by atoms with Crippen molar-refractivity contribution in [3.8, 4) is 0 Å². The maximum atomic E-state index is 5.77. The zero-order valence-corrected chi connectivity index (χ0v) is 11.0. The number of anilines is 1. The molecule has 16 heavy (non-hydrogen) atoms. The van der Waals surface area contributed by atoms with E-state index in [1.165, 1.54) is 5.56 Å². The van der Waals surface area contributed by atoms with Gasteiger partial charge < -0.3 is 15.8 Å². The van der Waals surface area contributed by atoms with Crippen molar-refractivity contribution in [2.75, 3.05) is 18.9 Å². The van der Waals surface area contributed by atoms with E-state index in [0.717, 1.165) is 36.3 Å². The van der Waals surface area contributed by atoms with Gasteiger partial charge in [0, 0.05) is 28.9 Å². The van der Waals surface area contributed by atoms with Gasteiger partial charge in [0.1, 0.15) is 0 Å². The van der Waals surface area contributed by atoms with Crippen molar-refractivity contribution in [3.05, 3.63) is 28.2 Å². The molecule has 1 heterocycles. The van der Waals surface area contributed by atoms with Crippen LogP contribution in [-0.2, 0) is 11.3 Å². The highest BCUT2D eigenvalue weighted by atomic mass is 79.9. The Bertz CT molecular complexity index is 375. The molecule has 3 N–H and O–H groups in total. The number of hydrogen-bond acceptors (Lipinski definition) is 3. The lowest BCUT2D eigenvalue weighted by Gasteiger charge is -2.24. The number of nitrogens with one attached hydrogen (secondary N) is 1. The lowest BCUT2D eigenvalue weighted by atomic mass is 10.0. The molecular formula is C12H17BrN2O. The van der Waals surface area contributed by atoms with E-state index < -0.39 is 0 Å². The summed E-state index contributed by atoms with van der Waals surface area (Å²) in [6.45, 7) is 4.64. The number of ether oxygens (including phenoxy) is 1. The second kappa shape index (κ2) is 4.73. The number of halogens is 1. The maximum absolute atomic E-state index is 5.77. The van der Waals surface area contributed by atoms with Gasteiger partial charge in [-0.1, -0.05) is 15.9 Å². The third kappa shape index (κ3) is 2.75. The molecule has 0 amide bonds. The van der Waals surface area contributed by atoms with Crippen LogP contribution in [0.15, 0.2) is 22.7 Å². The van der Waals surface area contributed by atoms with Crippen LogP contribution >= 0.6 is 15.9 Å². The summed E-state index contributed by atoms with van der Waals surface area (Å²) < 4.78 is 6.50. The molecule has 1 saturated heterocycles. The monoisotopic (exact) mass is 284 g/mol. The van der Waals surface area contributed by atoms with Crippen LogP contribution in [0.4, 0.5) is 5.69 Å². The van der Waals surface area contributed by atoms with Crippen molar-refractivity contribution < 1.29 is 4.74 Å². The van der Waals surface area contributed by atoms with Crippen molar-refractivity contribution >= 4 is 21.6 Å². The van der Waals surface area contributed by atoms with E-state index in [4.69, 9.17) is 10.5 Å². The van der Waals surface area contributed by atoms with Crippen molar-refractivity contribution in [1.82, 2.24) is 5.32 Å². The molecule has 2 rings (SSSR count). The van der Waals surface area contributed by atoms with Gasteiger partial charge in [-0.15, -0.1) is 0 Å². The molecule has 3 nitrogen and oxygen atoms in total. The fraction of sp³-hybridized carbons (Fsp3) is 0.500. The Morgan fingerprint density at radius 3 is 3.06 bits per heavy atom. The van der Waals surface area contributed by atoms with Crippen LogP contribution in [0.2, 0.25) is 0 Å². The average Bonchev–Trinajstić information content (AvgIpc) is 2.67. The second-order valence-corrected chi connectivity index (χ2v) is 5.42. The van der Waals surface area contributed by atoms with Crippen LogP contribution in [-0.4, -0.2) is 18.8 Å². The van der Waals surface area contributed by atoms with E-state index in [-0.39, 0.29) is 5.54 Å². The highest BCUT2D eigenvalue weighted by molar-refractivity contribution is 9.10. The predicted octanol–water partition coefficient (Wildman–Crippen LogP) is 2.30. The minimum atomic E-state index is 0.101. The number of nitrogens with two attached hydrogens (primary N) is 1. The summed E-state index contributed by atoms with van der Waals surface area (Å²) in [6, 6.07) is 5.88. The first-order chi connectivity index (χ1) is 7.59. The van der Waals surface area contributed by atoms with Crippen molar-refractivity contribution in [3.63, 3.8) is 0 Å². The normalized spacial score (nSPS) is 24.9. The van der Waals surface area contributed by atoms with Gasteiger partial charge in [0.05, 0.1) is 6.61 Å². The molecule has 1 unspecified atom stereocenters. The lowest BCUT2D eigenvalue weighted by molar-refractivity contribution is 0.171. The topological polar surface area (TPSA) is 47.3 Å². The quantitative estimate of drug-likeness (QED) is 0.838. The third-order valence-corrected chi connectivity index (χ3v) is 3.77. The van der Waals surface area contributed by atoms with Gasteiger partial charge in [0.25, 0.3) is 0 Å². The Morgan fingerprint density at radius 2 is 2.38 bits per heavy atom. The lowest BCUT2D eigenvalue weighted by Crippen LogP contribution is -2.42. The van der Waals surface area contributed by atoms with Gasteiger partial charge in [-0.05, 0) is 37.1 Å². The Morgan fingerprint density at radius 1 is 1.56 bits per heavy atom. The van der Waals surface area contributed by atoms with Crippen LogP contribution in [0.3, 0.4) is 0 Å². The van der Waals surface area contributed by atoms with Gasteiger partial charge in [-0.3, -0.25) is 0 Å². The van der Waals surface area contributed by atoms with Gasteiger partial charge in [0.15, 0.2) is 0 Å². The molecule has 1 aliphatic heterocycles. The number of rotatable bonds is 3. The molecule has 0 spiro atoms. The van der Waals surface area contributed by atoms with E-state index >= 15 is 0 Å². The Hall–Kier alpha value is -0.580. The van der Waals surface area contributed by atoms with E-state index in [1.54, 1.807) is 0 Å². The first-order valence-corrected chi connectivity index (χ1v) is 6.25. The van der Waals surface area contributed by atoms with Gasteiger partial charge in [0.2, 0.25) is 0 Å². The van der Waals surface area contributed by atoms with Crippen LogP contribution in [0.25, 0.3) is 0 Å². The standard InChI is InChI=1S/C12H17BrN2O/c1-12(4-5-16-8-12)15-7-9-6-10(14)2-3-11(9)13/h2-3,6,15H,4-5,7-8,14H2,1H3. The summed E-state index contributed by atoms with van der Waals surface area (Å²) in [7, 11) is 0. The van der Waals surface area contributed by atoms with Crippen LogP contribution < -0.4 is 11.1 Å². The third-order valence-electron chi connectivity index (χ3n) is 2.99. The predicted molar refractivity (Wildman–Crippen MR) is 69.2 cm³/mol. The van der Waals surface area contributed by atoms with E-state index in [9.17, 15) is 0 Å². The number of benzene rings is 1. The van der Waals surface area contributed by atoms with E-state index in [2.05, 4.69) is 28.2 Å². The second-order valence-electron chi connectivity index (χ2n) is 4.57. The largest absolute Gasteiger partial charge is 0.399 e. The average molecular weight is 285 g/mol. The first-order valence-electron chi connectivity index (χ1n) is 5.46. The van der Waals surface area contributed by atoms with Gasteiger partial charge >= 0.3 is 0 Å². The van der Waals surface area contributed by atoms with Crippen LogP contribution in [0, 0.1) is 0 Å². The minimum Gasteiger partial charge on any atom is -0.399 e. The smallest absolute Gasteiger partial charge is 0.0646 e. The first kappa shape index (κ1) is 11.9. The summed E-state index contributed by atoms with van der Waals surface area (Å²) in [5.41, 5.74) is 7.86. The molecule has 88 valence electrons. The van der Waals surface area contributed by atoms with E-state index in [1.807, 2.05) is 18.2 Å². The molecular weight excluding hydrogens is 268 g/mol. The molecule has 1 aromatic rings. The Balaban J connectivity index is 2.01. The molecule has 1 fully saturated rings. The van der Waals surface area contributed by atoms with Crippen molar-refractivity contribution in [1.29, 1.82) is 0 Å². The Kier molecular flexibility index (Phi) is 3.52. The summed E-state index contributed by atoms with van der Waals surface area (Å²) in [5.74, 6) is 0. The van der Waals surface area contributed by atoms with Crippen molar-refractivity contribution in [2.45, 2.75) is 25.4 Å². The van der Waals surface area contributed by atoms with Gasteiger partial charge in [-0.25, -0.2) is 0 Å². The zero-order valence-electron chi connectivity index (χ0n) is 9.42. The van der Waals surface area contributed by atoms with Gasteiger partial charge in [-0.2, -0.15) is 0 Å².